The van der Waals surface area contributed by atoms with Crippen molar-refractivity contribution in [2.45, 2.75) is 127 Å². The molecule has 0 bridgehead atoms. The summed E-state index contributed by atoms with van der Waals surface area (Å²) < 4.78 is 23.7. The molecule has 0 unspecified atom stereocenters. The third kappa shape index (κ3) is 8.20. The van der Waals surface area contributed by atoms with Crippen molar-refractivity contribution in [3.05, 3.63) is 45.0 Å². The van der Waals surface area contributed by atoms with E-state index in [1.165, 1.54) is 72.7 Å². The van der Waals surface area contributed by atoms with Gasteiger partial charge in [0.05, 0.1) is 43.1 Å². The SMILES string of the molecule is C.CO.NC(=O)C[C@H]1CCc2sc3ncnc(OC4CCC(N5CC6(COC6)C5)CC4)c3c21.[C-]#[N+]C[C@H]1CCc2sc3ncnc(OC4CCC(N5CC6(COC6)C5)CC4)c3c21. The lowest BCUT2D eigenvalue weighted by atomic mass is 9.75. The number of aliphatic hydroxyl groups is 1. The zero-order valence-electron chi connectivity index (χ0n) is 35.2. The van der Waals surface area contributed by atoms with Gasteiger partial charge in [-0.05, 0) is 94.1 Å². The number of nitrogens with two attached hydrogens (primary N) is 1. The minimum atomic E-state index is -0.244. The van der Waals surface area contributed by atoms with Gasteiger partial charge in [0.2, 0.25) is 24.2 Å². The molecule has 2 spiro atoms. The van der Waals surface area contributed by atoms with Crippen LogP contribution in [-0.4, -0.2) is 131 Å². The molecule has 2 atom stereocenters. The molecule has 16 heteroatoms. The van der Waals surface area contributed by atoms with Crippen molar-refractivity contribution in [3.8, 4) is 11.8 Å². The zero-order valence-corrected chi connectivity index (χ0v) is 36.8. The van der Waals surface area contributed by atoms with Crippen LogP contribution in [0.3, 0.4) is 0 Å². The minimum absolute atomic E-state index is 0. The summed E-state index contributed by atoms with van der Waals surface area (Å²) in [6.07, 6.45) is 17.3. The van der Waals surface area contributed by atoms with Gasteiger partial charge in [-0.15, -0.1) is 22.7 Å². The molecule has 62 heavy (non-hydrogen) atoms. The number of hydrogen-bond acceptors (Lipinski definition) is 14. The van der Waals surface area contributed by atoms with Gasteiger partial charge in [0, 0.05) is 72.4 Å². The average Bonchev–Trinajstić information content (AvgIpc) is 3.97. The summed E-state index contributed by atoms with van der Waals surface area (Å²) in [4.78, 5) is 43.3. The number of carbonyl (C=O) groups is 1. The van der Waals surface area contributed by atoms with Crippen LogP contribution in [0.5, 0.6) is 11.8 Å². The Bertz CT molecular complexity index is 2260. The van der Waals surface area contributed by atoms with Crippen LogP contribution in [-0.2, 0) is 27.1 Å². The molecule has 4 saturated heterocycles. The molecular weight excluding hydrogens is 825 g/mol. The first-order valence-corrected chi connectivity index (χ1v) is 24.0. The maximum atomic E-state index is 11.6. The highest BCUT2D eigenvalue weighted by molar-refractivity contribution is 7.19. The second kappa shape index (κ2) is 18.1. The molecule has 4 aliphatic carbocycles. The Labute approximate surface area is 372 Å². The molecule has 1 amide bonds. The number of aromatic nitrogens is 4. The number of ether oxygens (including phenoxy) is 4. The fourth-order valence-corrected chi connectivity index (χ4v) is 14.1. The number of nitrogens with zero attached hydrogens (tertiary/aromatic N) is 7. The monoisotopic (exact) mass is 886 g/mol. The van der Waals surface area contributed by atoms with E-state index in [0.717, 1.165) is 111 Å². The molecule has 2 saturated carbocycles. The van der Waals surface area contributed by atoms with Crippen molar-refractivity contribution < 1.29 is 28.8 Å². The van der Waals surface area contributed by atoms with Crippen molar-refractivity contribution in [1.82, 2.24) is 29.7 Å². The lowest BCUT2D eigenvalue weighted by molar-refractivity contribution is -0.201. The molecule has 8 aliphatic rings. The van der Waals surface area contributed by atoms with E-state index >= 15 is 0 Å². The van der Waals surface area contributed by atoms with Gasteiger partial charge in [0.15, 0.2) is 0 Å². The summed E-state index contributed by atoms with van der Waals surface area (Å²) in [6, 6.07) is 1.40. The number of primary amides is 1. The van der Waals surface area contributed by atoms with Crippen LogP contribution in [0.1, 0.15) is 111 Å². The number of hydrogen-bond donors (Lipinski definition) is 2. The molecule has 4 aromatic heterocycles. The molecule has 4 aromatic rings. The fraction of sp³-hybridized carbons (Fsp3) is 0.696. The number of rotatable bonds is 9. The predicted molar refractivity (Wildman–Crippen MR) is 240 cm³/mol. The molecule has 334 valence electrons. The van der Waals surface area contributed by atoms with Gasteiger partial charge in [-0.1, -0.05) is 7.43 Å². The number of aliphatic hydroxyl groups excluding tert-OH is 1. The Balaban J connectivity index is 0.000000150. The summed E-state index contributed by atoms with van der Waals surface area (Å²) in [7, 11) is 1.00. The summed E-state index contributed by atoms with van der Waals surface area (Å²) in [5, 5.41) is 9.12. The molecule has 0 aromatic carbocycles. The largest absolute Gasteiger partial charge is 0.474 e. The van der Waals surface area contributed by atoms with Crippen molar-refractivity contribution in [1.29, 1.82) is 0 Å². The normalized spacial score (nSPS) is 28.9. The number of thiophene rings is 2. The molecule has 12 rings (SSSR count). The van der Waals surface area contributed by atoms with E-state index in [-0.39, 0.29) is 31.5 Å². The van der Waals surface area contributed by atoms with Crippen LogP contribution < -0.4 is 15.2 Å². The number of carbonyl (C=O) groups excluding carboxylic acids is 1. The first kappa shape index (κ1) is 43.7. The van der Waals surface area contributed by atoms with Gasteiger partial charge < -0.3 is 34.6 Å². The van der Waals surface area contributed by atoms with Gasteiger partial charge in [-0.2, -0.15) is 0 Å². The van der Waals surface area contributed by atoms with Crippen LogP contribution in [0.25, 0.3) is 25.3 Å². The Hall–Kier alpha value is -3.56. The van der Waals surface area contributed by atoms with Crippen molar-refractivity contribution >= 4 is 49.0 Å². The molecule has 0 radical (unpaired) electrons. The first-order valence-electron chi connectivity index (χ1n) is 22.4. The highest BCUT2D eigenvalue weighted by Gasteiger charge is 2.52. The van der Waals surface area contributed by atoms with Gasteiger partial charge in [-0.25, -0.2) is 26.5 Å². The summed E-state index contributed by atoms with van der Waals surface area (Å²) >= 11 is 3.48. The standard InChI is InChI=1S/C22H28N4O3S.C22H26N4O2S.CH4O.CH4/c23-17(27)7-13-1-6-16-18(13)19-20(24-12-25-21(19)30-16)29-15-4-2-14(3-5-15)26-8-22(9-26)10-28-11-22;1-23-8-14-2-7-17-18(14)19-20(24-13-25-21(19)29-17)28-16-5-3-15(4-6-16)26-9-22(10-26)11-27-12-22;1-2;/h12-15H,1-11H2,(H2,23,27);13-16H,2-12H2;2H,1H3;1H4/t13-,14?,15?;14-,15?,16?;;/m11../s1. The third-order valence-electron chi connectivity index (χ3n) is 14.8. The van der Waals surface area contributed by atoms with E-state index in [9.17, 15) is 4.79 Å². The lowest BCUT2D eigenvalue weighted by Gasteiger charge is -2.58. The molecule has 14 nitrogen and oxygen atoms in total. The van der Waals surface area contributed by atoms with E-state index in [4.69, 9.17) is 36.4 Å². The Morgan fingerprint density at radius 2 is 1.18 bits per heavy atom. The van der Waals surface area contributed by atoms with Gasteiger partial charge >= 0.3 is 0 Å². The smallest absolute Gasteiger partial charge is 0.225 e. The third-order valence-corrected chi connectivity index (χ3v) is 17.2. The van der Waals surface area contributed by atoms with E-state index in [0.29, 0.717) is 47.7 Å². The van der Waals surface area contributed by atoms with E-state index in [1.807, 2.05) is 0 Å². The lowest BCUT2D eigenvalue weighted by Crippen LogP contribution is -2.68. The maximum absolute atomic E-state index is 11.6. The van der Waals surface area contributed by atoms with Gasteiger partial charge in [-0.3, -0.25) is 14.6 Å². The highest BCUT2D eigenvalue weighted by atomic mass is 32.1. The number of aryl methyl sites for hydroxylation is 2. The zero-order chi connectivity index (χ0) is 41.7. The number of fused-ring (bicyclic) bond motifs is 6. The van der Waals surface area contributed by atoms with Crippen LogP contribution in [0.15, 0.2) is 12.7 Å². The van der Waals surface area contributed by atoms with E-state index in [2.05, 4.69) is 34.6 Å². The first-order chi connectivity index (χ1) is 29.8. The predicted octanol–water partition coefficient (Wildman–Crippen LogP) is 6.53. The minimum Gasteiger partial charge on any atom is -0.474 e. The topological polar surface area (TPSA) is 163 Å². The van der Waals surface area contributed by atoms with Crippen LogP contribution in [0.2, 0.25) is 0 Å². The number of amides is 1. The summed E-state index contributed by atoms with van der Waals surface area (Å²) in [6.45, 7) is 16.5. The van der Waals surface area contributed by atoms with Crippen molar-refractivity contribution in [2.24, 2.45) is 16.6 Å². The second-order valence-corrected chi connectivity index (χ2v) is 21.1. The van der Waals surface area contributed by atoms with Crippen LogP contribution >= 0.6 is 22.7 Å². The molecule has 8 heterocycles. The Kier molecular flexibility index (Phi) is 12.8. The van der Waals surface area contributed by atoms with Gasteiger partial charge in [0.25, 0.3) is 0 Å². The van der Waals surface area contributed by atoms with E-state index in [1.54, 1.807) is 35.3 Å². The maximum Gasteiger partial charge on any atom is 0.225 e. The average molecular weight is 887 g/mol. The van der Waals surface area contributed by atoms with Gasteiger partial charge in [0.1, 0.15) is 34.5 Å². The molecular formula is C46H62N8O6S2. The van der Waals surface area contributed by atoms with Crippen molar-refractivity contribution in [2.75, 3.05) is 66.3 Å². The molecule has 3 N–H and O–H groups in total. The summed E-state index contributed by atoms with van der Waals surface area (Å²) in [5.74, 6) is 1.69. The highest BCUT2D eigenvalue weighted by Crippen LogP contribution is 2.49. The van der Waals surface area contributed by atoms with Crippen LogP contribution in [0, 0.1) is 17.4 Å². The summed E-state index contributed by atoms with van der Waals surface area (Å²) in [5.41, 5.74) is 9.01. The second-order valence-electron chi connectivity index (χ2n) is 19.0. The molecule has 4 aliphatic heterocycles. The quantitative estimate of drug-likeness (QED) is 0.175. The Morgan fingerprint density at radius 3 is 1.58 bits per heavy atom. The fourth-order valence-electron chi connectivity index (χ4n) is 11.7. The van der Waals surface area contributed by atoms with Crippen LogP contribution in [0.4, 0.5) is 0 Å². The Morgan fingerprint density at radius 1 is 0.742 bits per heavy atom. The molecule has 6 fully saturated rings. The van der Waals surface area contributed by atoms with Crippen molar-refractivity contribution in [3.63, 3.8) is 0 Å². The van der Waals surface area contributed by atoms with E-state index < -0.39 is 0 Å². The number of likely N-dealkylation sites (tertiary alicyclic amines) is 2.